The van der Waals surface area contributed by atoms with Crippen LogP contribution in [0.15, 0.2) is 53.1 Å². The van der Waals surface area contributed by atoms with Gasteiger partial charge in [0, 0.05) is 31.0 Å². The van der Waals surface area contributed by atoms with Crippen LogP contribution in [0.5, 0.6) is 11.5 Å². The Kier molecular flexibility index (Phi) is 4.97. The van der Waals surface area contributed by atoms with Crippen LogP contribution in [0, 0.1) is 0 Å². The van der Waals surface area contributed by atoms with Crippen molar-refractivity contribution in [2.75, 3.05) is 20.8 Å². The quantitative estimate of drug-likeness (QED) is 0.654. The van der Waals surface area contributed by atoms with Crippen molar-refractivity contribution in [3.63, 3.8) is 0 Å². The van der Waals surface area contributed by atoms with Gasteiger partial charge < -0.3 is 18.9 Å². The summed E-state index contributed by atoms with van der Waals surface area (Å²) in [6, 6.07) is 15.4. The zero-order valence-corrected chi connectivity index (χ0v) is 15.8. The van der Waals surface area contributed by atoms with Crippen LogP contribution >= 0.6 is 0 Å². The molecule has 144 valence electrons. The predicted octanol–water partition coefficient (Wildman–Crippen LogP) is 3.27. The third-order valence-corrected chi connectivity index (χ3v) is 4.87. The van der Waals surface area contributed by atoms with Crippen LogP contribution in [0.1, 0.15) is 23.7 Å². The lowest BCUT2D eigenvalue weighted by Gasteiger charge is -2.15. The number of carbonyl (C=O) groups is 1. The van der Waals surface area contributed by atoms with E-state index in [0.717, 1.165) is 11.1 Å². The van der Waals surface area contributed by atoms with Gasteiger partial charge in [-0.1, -0.05) is 35.5 Å². The smallest absolute Gasteiger partial charge is 0.258 e. The second-order valence-corrected chi connectivity index (χ2v) is 6.69. The topological polar surface area (TPSA) is 77.7 Å². The first kappa shape index (κ1) is 18.0. The highest BCUT2D eigenvalue weighted by molar-refractivity contribution is 5.79. The number of rotatable bonds is 6. The summed E-state index contributed by atoms with van der Waals surface area (Å²) in [5, 5.41) is 4.11. The fourth-order valence-corrected chi connectivity index (χ4v) is 3.39. The minimum absolute atomic E-state index is 0.0751. The van der Waals surface area contributed by atoms with Crippen LogP contribution in [0.3, 0.4) is 0 Å². The predicted molar refractivity (Wildman–Crippen MR) is 102 cm³/mol. The zero-order valence-electron chi connectivity index (χ0n) is 15.8. The van der Waals surface area contributed by atoms with Gasteiger partial charge in [0.15, 0.2) is 17.3 Å². The van der Waals surface area contributed by atoms with Gasteiger partial charge in [-0.15, -0.1) is 0 Å². The molecule has 1 unspecified atom stereocenters. The molecule has 7 nitrogen and oxygen atoms in total. The van der Waals surface area contributed by atoms with E-state index in [1.165, 1.54) is 0 Å². The standard InChI is InChI=1S/C21H21N3O4/c1-26-17-9-8-15(10-18(17)27-2)21-22-20(23-28-21)16-11-19(25)24(13-16)12-14-6-4-3-5-7-14/h3-10,16H,11-13H2,1-2H3. The molecule has 0 radical (unpaired) electrons. The summed E-state index contributed by atoms with van der Waals surface area (Å²) in [6.07, 6.45) is 0.387. The Morgan fingerprint density at radius 3 is 2.64 bits per heavy atom. The van der Waals surface area contributed by atoms with Crippen LogP contribution in [0.2, 0.25) is 0 Å². The average Bonchev–Trinajstić information content (AvgIpc) is 3.35. The molecular weight excluding hydrogens is 358 g/mol. The van der Waals surface area contributed by atoms with E-state index in [-0.39, 0.29) is 11.8 Å². The molecule has 1 fully saturated rings. The van der Waals surface area contributed by atoms with Crippen LogP contribution in [0.25, 0.3) is 11.5 Å². The van der Waals surface area contributed by atoms with Crippen molar-refractivity contribution in [1.82, 2.24) is 15.0 Å². The molecule has 3 aromatic rings. The number of hydrogen-bond acceptors (Lipinski definition) is 6. The van der Waals surface area contributed by atoms with E-state index in [1.807, 2.05) is 41.3 Å². The number of ether oxygens (including phenoxy) is 2. The molecule has 2 heterocycles. The number of likely N-dealkylation sites (tertiary alicyclic amines) is 1. The fourth-order valence-electron chi connectivity index (χ4n) is 3.39. The summed E-state index contributed by atoms with van der Waals surface area (Å²) >= 11 is 0. The average molecular weight is 379 g/mol. The maximum Gasteiger partial charge on any atom is 0.258 e. The summed E-state index contributed by atoms with van der Waals surface area (Å²) in [4.78, 5) is 18.8. The Hall–Kier alpha value is -3.35. The van der Waals surface area contributed by atoms with Crippen LogP contribution in [-0.4, -0.2) is 41.7 Å². The minimum atomic E-state index is -0.0751. The molecule has 0 spiro atoms. The second kappa shape index (κ2) is 7.72. The minimum Gasteiger partial charge on any atom is -0.493 e. The molecule has 1 saturated heterocycles. The van der Waals surface area contributed by atoms with Gasteiger partial charge in [-0.05, 0) is 23.8 Å². The maximum absolute atomic E-state index is 12.4. The van der Waals surface area contributed by atoms with Gasteiger partial charge in [0.1, 0.15) is 0 Å². The Balaban J connectivity index is 1.50. The Morgan fingerprint density at radius 1 is 1.11 bits per heavy atom. The van der Waals surface area contributed by atoms with E-state index in [9.17, 15) is 4.79 Å². The van der Waals surface area contributed by atoms with Crippen molar-refractivity contribution in [2.24, 2.45) is 0 Å². The van der Waals surface area contributed by atoms with Gasteiger partial charge in [0.05, 0.1) is 14.2 Å². The molecule has 1 aliphatic heterocycles. The van der Waals surface area contributed by atoms with Gasteiger partial charge in [0.25, 0.3) is 5.89 Å². The Labute approximate surface area is 162 Å². The molecule has 0 aliphatic carbocycles. The van der Waals surface area contributed by atoms with E-state index in [1.54, 1.807) is 26.4 Å². The molecule has 1 aromatic heterocycles. The number of benzene rings is 2. The number of nitrogens with zero attached hydrogens (tertiary/aromatic N) is 3. The molecule has 4 rings (SSSR count). The largest absolute Gasteiger partial charge is 0.493 e. The SMILES string of the molecule is COc1ccc(-c2nc(C3CC(=O)N(Cc4ccccc4)C3)no2)cc1OC. The Morgan fingerprint density at radius 2 is 1.89 bits per heavy atom. The highest BCUT2D eigenvalue weighted by Gasteiger charge is 2.33. The van der Waals surface area contributed by atoms with E-state index < -0.39 is 0 Å². The molecule has 1 amide bonds. The zero-order chi connectivity index (χ0) is 19.5. The van der Waals surface area contributed by atoms with E-state index in [4.69, 9.17) is 14.0 Å². The third-order valence-electron chi connectivity index (χ3n) is 4.87. The lowest BCUT2D eigenvalue weighted by Crippen LogP contribution is -2.24. The summed E-state index contributed by atoms with van der Waals surface area (Å²) in [7, 11) is 3.16. The number of hydrogen-bond donors (Lipinski definition) is 0. The lowest BCUT2D eigenvalue weighted by atomic mass is 10.1. The van der Waals surface area contributed by atoms with Crippen LogP contribution in [-0.2, 0) is 11.3 Å². The van der Waals surface area contributed by atoms with Gasteiger partial charge in [-0.25, -0.2) is 0 Å². The molecule has 7 heteroatoms. The maximum atomic E-state index is 12.4. The van der Waals surface area contributed by atoms with Crippen molar-refractivity contribution in [3.05, 3.63) is 59.9 Å². The highest BCUT2D eigenvalue weighted by atomic mass is 16.5. The second-order valence-electron chi connectivity index (χ2n) is 6.69. The van der Waals surface area contributed by atoms with Crippen molar-refractivity contribution < 1.29 is 18.8 Å². The first-order valence-electron chi connectivity index (χ1n) is 9.05. The number of methoxy groups -OCH3 is 2. The molecular formula is C21H21N3O4. The molecule has 0 saturated carbocycles. The van der Waals surface area contributed by atoms with E-state index in [2.05, 4.69) is 10.1 Å². The van der Waals surface area contributed by atoms with Crippen LogP contribution < -0.4 is 9.47 Å². The normalized spacial score (nSPS) is 16.4. The van der Waals surface area contributed by atoms with Gasteiger partial charge in [-0.2, -0.15) is 4.98 Å². The molecule has 28 heavy (non-hydrogen) atoms. The van der Waals surface area contributed by atoms with E-state index in [0.29, 0.717) is 42.7 Å². The summed E-state index contributed by atoms with van der Waals surface area (Å²) in [5.74, 6) is 2.19. The van der Waals surface area contributed by atoms with Crippen molar-refractivity contribution in [3.8, 4) is 23.0 Å². The van der Waals surface area contributed by atoms with E-state index >= 15 is 0 Å². The lowest BCUT2D eigenvalue weighted by molar-refractivity contribution is -0.128. The summed E-state index contributed by atoms with van der Waals surface area (Å²) in [6.45, 7) is 1.18. The number of aromatic nitrogens is 2. The monoisotopic (exact) mass is 379 g/mol. The van der Waals surface area contributed by atoms with Gasteiger partial charge >= 0.3 is 0 Å². The number of carbonyl (C=O) groups excluding carboxylic acids is 1. The molecule has 1 aliphatic rings. The highest BCUT2D eigenvalue weighted by Crippen LogP contribution is 2.33. The third kappa shape index (κ3) is 3.55. The molecule has 0 N–H and O–H groups in total. The first-order chi connectivity index (χ1) is 13.7. The first-order valence-corrected chi connectivity index (χ1v) is 9.05. The molecule has 2 aromatic carbocycles. The van der Waals surface area contributed by atoms with Crippen LogP contribution in [0.4, 0.5) is 0 Å². The van der Waals surface area contributed by atoms with Gasteiger partial charge in [0.2, 0.25) is 5.91 Å². The molecule has 1 atom stereocenters. The van der Waals surface area contributed by atoms with Gasteiger partial charge in [-0.3, -0.25) is 4.79 Å². The number of amides is 1. The summed E-state index contributed by atoms with van der Waals surface area (Å²) < 4.78 is 16.0. The molecule has 0 bridgehead atoms. The van der Waals surface area contributed by atoms with Crippen molar-refractivity contribution >= 4 is 5.91 Å². The van der Waals surface area contributed by atoms with Crippen molar-refractivity contribution in [1.29, 1.82) is 0 Å². The Bertz CT molecular complexity index is 971. The fraction of sp³-hybridized carbons (Fsp3) is 0.286. The van der Waals surface area contributed by atoms with Crippen molar-refractivity contribution in [2.45, 2.75) is 18.9 Å². The summed E-state index contributed by atoms with van der Waals surface area (Å²) in [5.41, 5.74) is 1.84.